The van der Waals surface area contributed by atoms with Gasteiger partial charge in [0.15, 0.2) is 11.6 Å². The summed E-state index contributed by atoms with van der Waals surface area (Å²) < 4.78 is 28.7. The lowest BCUT2D eigenvalue weighted by molar-refractivity contribution is -0.384. The first-order valence-corrected chi connectivity index (χ1v) is 8.08. The molecule has 2 rings (SSSR count). The molecule has 0 aliphatic carbocycles. The summed E-state index contributed by atoms with van der Waals surface area (Å²) >= 11 is 0. The average molecular weight is 378 g/mol. The summed E-state index contributed by atoms with van der Waals surface area (Å²) in [5.74, 6) is -1.23. The highest BCUT2D eigenvalue weighted by molar-refractivity contribution is 5.96. The van der Waals surface area contributed by atoms with Crippen LogP contribution < -0.4 is 10.1 Å². The number of carbonyl (C=O) groups is 1. The SMILES string of the molecule is COCCNc1ccc([N+](=O)[O-])cc1C(=O)OCCOc1ccccc1F. The molecule has 27 heavy (non-hydrogen) atoms. The van der Waals surface area contributed by atoms with Gasteiger partial charge in [-0.3, -0.25) is 10.1 Å². The molecule has 0 fully saturated rings. The van der Waals surface area contributed by atoms with Crippen LogP contribution in [-0.2, 0) is 9.47 Å². The van der Waals surface area contributed by atoms with Crippen LogP contribution in [0.4, 0.5) is 15.8 Å². The van der Waals surface area contributed by atoms with Gasteiger partial charge in [0.05, 0.1) is 17.1 Å². The average Bonchev–Trinajstić information content (AvgIpc) is 2.66. The monoisotopic (exact) mass is 378 g/mol. The standard InChI is InChI=1S/C18H19FN2O6/c1-25-9-8-20-16-7-6-13(21(23)24)12-14(16)18(22)27-11-10-26-17-5-3-2-4-15(17)19/h2-7,12,20H,8-11H2,1H3. The first-order valence-electron chi connectivity index (χ1n) is 8.08. The summed E-state index contributed by atoms with van der Waals surface area (Å²) in [7, 11) is 1.53. The minimum absolute atomic E-state index is 0.0196. The van der Waals surface area contributed by atoms with Gasteiger partial charge in [-0.1, -0.05) is 12.1 Å². The molecular formula is C18H19FN2O6. The zero-order valence-corrected chi connectivity index (χ0v) is 14.6. The van der Waals surface area contributed by atoms with E-state index in [4.69, 9.17) is 14.2 Å². The number of non-ortho nitro benzene ring substituents is 1. The van der Waals surface area contributed by atoms with Crippen molar-refractivity contribution in [3.8, 4) is 5.75 Å². The van der Waals surface area contributed by atoms with E-state index in [0.29, 0.717) is 18.8 Å². The fourth-order valence-corrected chi connectivity index (χ4v) is 2.18. The van der Waals surface area contributed by atoms with Crippen molar-refractivity contribution in [2.75, 3.05) is 38.8 Å². The minimum Gasteiger partial charge on any atom is -0.487 e. The number of ether oxygens (including phenoxy) is 3. The van der Waals surface area contributed by atoms with Crippen LogP contribution in [0.15, 0.2) is 42.5 Å². The van der Waals surface area contributed by atoms with E-state index >= 15 is 0 Å². The van der Waals surface area contributed by atoms with Crippen molar-refractivity contribution in [3.05, 3.63) is 64.0 Å². The number of nitrogens with one attached hydrogen (secondary N) is 1. The molecule has 0 spiro atoms. The molecule has 0 saturated heterocycles. The molecular weight excluding hydrogens is 359 g/mol. The predicted molar refractivity (Wildman–Crippen MR) is 95.6 cm³/mol. The molecule has 0 aromatic heterocycles. The number of hydrogen-bond donors (Lipinski definition) is 1. The maximum absolute atomic E-state index is 13.4. The van der Waals surface area contributed by atoms with Gasteiger partial charge in [0.25, 0.3) is 5.69 Å². The highest BCUT2D eigenvalue weighted by Gasteiger charge is 2.18. The molecule has 0 saturated carbocycles. The summed E-state index contributed by atoms with van der Waals surface area (Å²) in [6.45, 7) is 0.592. The molecule has 0 radical (unpaired) electrons. The van der Waals surface area contributed by atoms with E-state index in [1.165, 1.54) is 37.4 Å². The zero-order valence-electron chi connectivity index (χ0n) is 14.6. The van der Waals surface area contributed by atoms with E-state index in [1.54, 1.807) is 6.07 Å². The fourth-order valence-electron chi connectivity index (χ4n) is 2.18. The Bertz CT molecular complexity index is 799. The van der Waals surface area contributed by atoms with Gasteiger partial charge in [-0.15, -0.1) is 0 Å². The van der Waals surface area contributed by atoms with Gasteiger partial charge < -0.3 is 19.5 Å². The van der Waals surface area contributed by atoms with Crippen LogP contribution in [0.2, 0.25) is 0 Å². The maximum Gasteiger partial charge on any atom is 0.340 e. The Morgan fingerprint density at radius 1 is 1.19 bits per heavy atom. The first kappa shape index (κ1) is 20.1. The Hall–Kier alpha value is -3.20. The Morgan fingerprint density at radius 2 is 1.96 bits per heavy atom. The van der Waals surface area contributed by atoms with E-state index in [2.05, 4.69) is 5.32 Å². The fraction of sp³-hybridized carbons (Fsp3) is 0.278. The third-order valence-electron chi connectivity index (χ3n) is 3.47. The van der Waals surface area contributed by atoms with Crippen molar-refractivity contribution in [1.82, 2.24) is 0 Å². The smallest absolute Gasteiger partial charge is 0.340 e. The Balaban J connectivity index is 1.99. The highest BCUT2D eigenvalue weighted by atomic mass is 19.1. The van der Waals surface area contributed by atoms with Gasteiger partial charge in [0.1, 0.15) is 13.2 Å². The highest BCUT2D eigenvalue weighted by Crippen LogP contribution is 2.23. The number of anilines is 1. The lowest BCUT2D eigenvalue weighted by Gasteiger charge is -2.12. The second-order valence-corrected chi connectivity index (χ2v) is 5.32. The quantitative estimate of drug-likeness (QED) is 0.293. The topological polar surface area (TPSA) is 99.9 Å². The number of hydrogen-bond acceptors (Lipinski definition) is 7. The largest absolute Gasteiger partial charge is 0.487 e. The number of halogens is 1. The first-order chi connectivity index (χ1) is 13.0. The molecule has 144 valence electrons. The van der Waals surface area contributed by atoms with Crippen LogP contribution >= 0.6 is 0 Å². The van der Waals surface area contributed by atoms with E-state index in [-0.39, 0.29) is 30.2 Å². The van der Waals surface area contributed by atoms with Crippen molar-refractivity contribution in [2.24, 2.45) is 0 Å². The summed E-state index contributed by atoms with van der Waals surface area (Å²) in [4.78, 5) is 22.7. The number of para-hydroxylation sites is 1. The molecule has 0 amide bonds. The Labute approximate surface area is 155 Å². The third-order valence-corrected chi connectivity index (χ3v) is 3.47. The van der Waals surface area contributed by atoms with Crippen molar-refractivity contribution in [3.63, 3.8) is 0 Å². The minimum atomic E-state index is -0.754. The van der Waals surface area contributed by atoms with E-state index in [9.17, 15) is 19.3 Å². The third kappa shape index (κ3) is 5.93. The molecule has 9 heteroatoms. The molecule has 0 unspecified atom stereocenters. The van der Waals surface area contributed by atoms with Crippen LogP contribution in [0.5, 0.6) is 5.75 Å². The lowest BCUT2D eigenvalue weighted by atomic mass is 10.1. The number of esters is 1. The summed E-state index contributed by atoms with van der Waals surface area (Å²) in [6.07, 6.45) is 0. The maximum atomic E-state index is 13.4. The summed E-state index contributed by atoms with van der Waals surface area (Å²) in [5, 5.41) is 13.9. The second-order valence-electron chi connectivity index (χ2n) is 5.32. The van der Waals surface area contributed by atoms with Crippen LogP contribution in [0, 0.1) is 15.9 Å². The number of methoxy groups -OCH3 is 1. The van der Waals surface area contributed by atoms with E-state index < -0.39 is 16.7 Å². The number of nitro benzene ring substituents is 1. The summed E-state index contributed by atoms with van der Waals surface area (Å²) in [5.41, 5.74) is 0.172. The number of nitro groups is 1. The van der Waals surface area contributed by atoms with E-state index in [1.807, 2.05) is 0 Å². The number of carbonyl (C=O) groups excluding carboxylic acids is 1. The normalized spacial score (nSPS) is 10.3. The van der Waals surface area contributed by atoms with Gasteiger partial charge in [-0.2, -0.15) is 0 Å². The van der Waals surface area contributed by atoms with Crippen LogP contribution in [-0.4, -0.2) is 44.4 Å². The Morgan fingerprint density at radius 3 is 2.67 bits per heavy atom. The summed E-state index contributed by atoms with van der Waals surface area (Å²) in [6, 6.07) is 9.70. The number of benzene rings is 2. The van der Waals surface area contributed by atoms with Gasteiger partial charge in [-0.05, 0) is 18.2 Å². The van der Waals surface area contributed by atoms with E-state index in [0.717, 1.165) is 6.07 Å². The molecule has 0 heterocycles. The Kier molecular flexibility index (Phi) is 7.50. The molecule has 0 bridgehead atoms. The molecule has 0 aliphatic rings. The van der Waals surface area contributed by atoms with Gasteiger partial charge in [0.2, 0.25) is 0 Å². The van der Waals surface area contributed by atoms with Gasteiger partial charge in [-0.25, -0.2) is 9.18 Å². The van der Waals surface area contributed by atoms with Gasteiger partial charge in [0, 0.05) is 31.5 Å². The molecule has 0 atom stereocenters. The molecule has 0 aliphatic heterocycles. The van der Waals surface area contributed by atoms with Crippen molar-refractivity contribution in [1.29, 1.82) is 0 Å². The van der Waals surface area contributed by atoms with Crippen LogP contribution in [0.3, 0.4) is 0 Å². The van der Waals surface area contributed by atoms with Gasteiger partial charge >= 0.3 is 5.97 Å². The number of rotatable bonds is 10. The van der Waals surface area contributed by atoms with Crippen molar-refractivity contribution in [2.45, 2.75) is 0 Å². The molecule has 8 nitrogen and oxygen atoms in total. The second kappa shape index (κ2) is 10.1. The molecule has 1 N–H and O–H groups in total. The number of nitrogens with zero attached hydrogens (tertiary/aromatic N) is 1. The molecule has 2 aromatic rings. The van der Waals surface area contributed by atoms with Crippen molar-refractivity contribution < 1.29 is 28.3 Å². The lowest BCUT2D eigenvalue weighted by Crippen LogP contribution is -2.16. The predicted octanol–water partition coefficient (Wildman–Crippen LogP) is 3.03. The van der Waals surface area contributed by atoms with Crippen LogP contribution in [0.25, 0.3) is 0 Å². The molecule has 2 aromatic carbocycles. The van der Waals surface area contributed by atoms with Crippen molar-refractivity contribution >= 4 is 17.3 Å². The zero-order chi connectivity index (χ0) is 19.6. The van der Waals surface area contributed by atoms with Crippen LogP contribution in [0.1, 0.15) is 10.4 Å².